The molecule has 0 bridgehead atoms. The molecule has 1 spiro atoms. The summed E-state index contributed by atoms with van der Waals surface area (Å²) in [5.41, 5.74) is 1.65. The number of ether oxygens (including phenoxy) is 2. The predicted molar refractivity (Wildman–Crippen MR) is 85.5 cm³/mol. The van der Waals surface area contributed by atoms with Gasteiger partial charge in [-0.2, -0.15) is 0 Å². The van der Waals surface area contributed by atoms with Crippen LogP contribution < -0.4 is 20.1 Å². The number of rotatable bonds is 2. The van der Waals surface area contributed by atoms with Crippen LogP contribution in [0.25, 0.3) is 0 Å². The van der Waals surface area contributed by atoms with E-state index in [2.05, 4.69) is 27.7 Å². The van der Waals surface area contributed by atoms with Crippen molar-refractivity contribution in [1.82, 2.24) is 15.5 Å². The number of benzene rings is 1. The topological polar surface area (TPSA) is 45.8 Å². The number of fused-ring (bicyclic) bond motifs is 1. The Kier molecular flexibility index (Phi) is 3.94. The zero-order valence-corrected chi connectivity index (χ0v) is 13.1. The minimum absolute atomic E-state index is 0.335. The summed E-state index contributed by atoms with van der Waals surface area (Å²) in [6.45, 7) is 7.94. The lowest BCUT2D eigenvalue weighted by molar-refractivity contribution is 0.116. The van der Waals surface area contributed by atoms with E-state index >= 15 is 0 Å². The Morgan fingerprint density at radius 1 is 1.05 bits per heavy atom. The monoisotopic (exact) mass is 303 g/mol. The highest BCUT2D eigenvalue weighted by Crippen LogP contribution is 2.32. The van der Waals surface area contributed by atoms with Gasteiger partial charge in [0, 0.05) is 44.8 Å². The van der Waals surface area contributed by atoms with Crippen LogP contribution >= 0.6 is 0 Å². The number of hydrogen-bond donors (Lipinski definition) is 2. The number of piperidine rings is 1. The number of hydrogen-bond acceptors (Lipinski definition) is 5. The minimum atomic E-state index is 0.335. The molecule has 1 aromatic rings. The molecule has 2 N–H and O–H groups in total. The van der Waals surface area contributed by atoms with Gasteiger partial charge < -0.3 is 20.1 Å². The van der Waals surface area contributed by atoms with E-state index in [-0.39, 0.29) is 0 Å². The van der Waals surface area contributed by atoms with Crippen LogP contribution in [0.2, 0.25) is 0 Å². The van der Waals surface area contributed by atoms with E-state index in [0.717, 1.165) is 50.8 Å². The first-order valence-corrected chi connectivity index (χ1v) is 8.40. The first-order chi connectivity index (χ1) is 10.8. The van der Waals surface area contributed by atoms with Gasteiger partial charge in [-0.05, 0) is 30.5 Å². The van der Waals surface area contributed by atoms with Gasteiger partial charge in [-0.3, -0.25) is 4.90 Å². The second kappa shape index (κ2) is 6.07. The summed E-state index contributed by atoms with van der Waals surface area (Å²) in [5.74, 6) is 1.78. The van der Waals surface area contributed by atoms with Crippen molar-refractivity contribution in [3.05, 3.63) is 23.8 Å². The van der Waals surface area contributed by atoms with Crippen molar-refractivity contribution >= 4 is 0 Å². The van der Waals surface area contributed by atoms with Crippen LogP contribution in [0.1, 0.15) is 18.4 Å². The Hall–Kier alpha value is -1.30. The first-order valence-electron chi connectivity index (χ1n) is 8.40. The van der Waals surface area contributed by atoms with Crippen molar-refractivity contribution < 1.29 is 9.47 Å². The lowest BCUT2D eigenvalue weighted by atomic mass is 9.86. The number of nitrogens with zero attached hydrogens (tertiary/aromatic N) is 1. The SMILES string of the molecule is c1cc2c(cc1CN1CCC3(CC1)CNCCN3)OCCO2. The van der Waals surface area contributed by atoms with Crippen LogP contribution in [0.4, 0.5) is 0 Å². The predicted octanol–water partition coefficient (Wildman–Crippen LogP) is 0.985. The molecule has 0 atom stereocenters. The Balaban J connectivity index is 1.36. The molecule has 3 aliphatic heterocycles. The maximum Gasteiger partial charge on any atom is 0.161 e. The van der Waals surface area contributed by atoms with Crippen molar-refractivity contribution in [2.45, 2.75) is 24.9 Å². The number of piperazine rings is 1. The van der Waals surface area contributed by atoms with E-state index in [9.17, 15) is 0 Å². The maximum atomic E-state index is 5.68. The molecular formula is C17H25N3O2. The Morgan fingerprint density at radius 2 is 1.86 bits per heavy atom. The normalized spacial score (nSPS) is 24.4. The van der Waals surface area contributed by atoms with Crippen LogP contribution in [-0.4, -0.2) is 56.4 Å². The van der Waals surface area contributed by atoms with Gasteiger partial charge in [0.25, 0.3) is 0 Å². The zero-order chi connectivity index (χ0) is 14.8. The highest BCUT2D eigenvalue weighted by molar-refractivity contribution is 5.43. The third-order valence-electron chi connectivity index (χ3n) is 5.09. The second-order valence-corrected chi connectivity index (χ2v) is 6.64. The molecule has 0 aromatic heterocycles. The molecule has 0 radical (unpaired) electrons. The van der Waals surface area contributed by atoms with Gasteiger partial charge in [-0.25, -0.2) is 0 Å². The number of nitrogens with one attached hydrogen (secondary N) is 2. The molecule has 0 amide bonds. The highest BCUT2D eigenvalue weighted by Gasteiger charge is 2.35. The fourth-order valence-electron chi connectivity index (χ4n) is 3.74. The lowest BCUT2D eigenvalue weighted by Gasteiger charge is -2.45. The van der Waals surface area contributed by atoms with Crippen LogP contribution in [0.3, 0.4) is 0 Å². The Morgan fingerprint density at radius 3 is 2.64 bits per heavy atom. The van der Waals surface area contributed by atoms with E-state index in [0.29, 0.717) is 18.8 Å². The van der Waals surface area contributed by atoms with E-state index in [1.54, 1.807) is 0 Å². The molecule has 22 heavy (non-hydrogen) atoms. The quantitative estimate of drug-likeness (QED) is 0.853. The molecule has 1 aromatic carbocycles. The summed E-state index contributed by atoms with van der Waals surface area (Å²) in [7, 11) is 0. The molecule has 5 heteroatoms. The maximum absolute atomic E-state index is 5.68. The molecular weight excluding hydrogens is 278 g/mol. The molecule has 2 fully saturated rings. The van der Waals surface area contributed by atoms with Gasteiger partial charge in [0.1, 0.15) is 13.2 Å². The molecule has 5 nitrogen and oxygen atoms in total. The smallest absolute Gasteiger partial charge is 0.161 e. The summed E-state index contributed by atoms with van der Waals surface area (Å²) in [5, 5.41) is 7.27. The summed E-state index contributed by atoms with van der Waals surface area (Å²) in [4.78, 5) is 2.55. The van der Waals surface area contributed by atoms with Crippen LogP contribution in [0.5, 0.6) is 11.5 Å². The largest absolute Gasteiger partial charge is 0.486 e. The summed E-state index contributed by atoms with van der Waals surface area (Å²) < 4.78 is 11.3. The van der Waals surface area contributed by atoms with Crippen LogP contribution in [0, 0.1) is 0 Å². The van der Waals surface area contributed by atoms with Gasteiger partial charge >= 0.3 is 0 Å². The number of likely N-dealkylation sites (tertiary alicyclic amines) is 1. The van der Waals surface area contributed by atoms with Crippen molar-refractivity contribution in [3.8, 4) is 11.5 Å². The summed E-state index contributed by atoms with van der Waals surface area (Å²) in [6.07, 6.45) is 2.45. The van der Waals surface area contributed by atoms with E-state index in [1.165, 1.54) is 18.4 Å². The highest BCUT2D eigenvalue weighted by atomic mass is 16.6. The van der Waals surface area contributed by atoms with E-state index in [1.807, 2.05) is 6.07 Å². The second-order valence-electron chi connectivity index (χ2n) is 6.64. The fourth-order valence-corrected chi connectivity index (χ4v) is 3.74. The average molecular weight is 303 g/mol. The van der Waals surface area contributed by atoms with Gasteiger partial charge in [0.05, 0.1) is 0 Å². The lowest BCUT2D eigenvalue weighted by Crippen LogP contribution is -2.63. The molecule has 4 rings (SSSR count). The van der Waals surface area contributed by atoms with Crippen molar-refractivity contribution in [2.75, 3.05) is 45.9 Å². The van der Waals surface area contributed by atoms with Crippen LogP contribution in [0.15, 0.2) is 18.2 Å². The summed E-state index contributed by atoms with van der Waals surface area (Å²) >= 11 is 0. The standard InChI is InChI=1S/C17H25N3O2/c1-2-15-16(22-10-9-21-15)11-14(1)12-20-7-3-17(4-8-20)13-18-5-6-19-17/h1-2,11,18-19H,3-10,12-13H2. The van der Waals surface area contributed by atoms with Crippen LogP contribution in [-0.2, 0) is 6.54 Å². The zero-order valence-electron chi connectivity index (χ0n) is 13.1. The van der Waals surface area contributed by atoms with Crippen molar-refractivity contribution in [1.29, 1.82) is 0 Å². The summed E-state index contributed by atoms with van der Waals surface area (Å²) in [6, 6.07) is 6.35. The molecule has 120 valence electrons. The first kappa shape index (κ1) is 14.3. The molecule has 0 saturated carbocycles. The van der Waals surface area contributed by atoms with Crippen molar-refractivity contribution in [3.63, 3.8) is 0 Å². The molecule has 0 unspecified atom stereocenters. The molecule has 3 aliphatic rings. The molecule has 3 heterocycles. The van der Waals surface area contributed by atoms with E-state index < -0.39 is 0 Å². The Bertz CT molecular complexity index is 519. The van der Waals surface area contributed by atoms with Gasteiger partial charge in [-0.1, -0.05) is 6.07 Å². The molecule has 0 aliphatic carbocycles. The average Bonchev–Trinajstić information content (AvgIpc) is 2.58. The van der Waals surface area contributed by atoms with Gasteiger partial charge in [-0.15, -0.1) is 0 Å². The molecule has 2 saturated heterocycles. The van der Waals surface area contributed by atoms with Gasteiger partial charge in [0.15, 0.2) is 11.5 Å². The fraction of sp³-hybridized carbons (Fsp3) is 0.647. The van der Waals surface area contributed by atoms with E-state index in [4.69, 9.17) is 9.47 Å². The minimum Gasteiger partial charge on any atom is -0.486 e. The third-order valence-corrected chi connectivity index (χ3v) is 5.09. The van der Waals surface area contributed by atoms with Gasteiger partial charge in [0.2, 0.25) is 0 Å². The van der Waals surface area contributed by atoms with Crippen molar-refractivity contribution in [2.24, 2.45) is 0 Å². The Labute approximate surface area is 132 Å². The third kappa shape index (κ3) is 2.93.